The van der Waals surface area contributed by atoms with Crippen molar-refractivity contribution in [2.24, 2.45) is 0 Å². The molecule has 32 heavy (non-hydrogen) atoms. The standard InChI is InChI=1S/C23H24NO7P/c1-4-12-29-32(26,30-13-5-2)31-17-20-14-19(15-24)8-11-22(20)23(25)28-16-18-6-9-21(27-3)10-7-18/h4-11,14H,1-2,12-13,16-17H2,3H3. The third-order valence-electron chi connectivity index (χ3n) is 4.06. The zero-order valence-corrected chi connectivity index (χ0v) is 18.6. The maximum absolute atomic E-state index is 12.7. The molecule has 2 rings (SSSR count). The van der Waals surface area contributed by atoms with Crippen LogP contribution in [0.15, 0.2) is 67.8 Å². The van der Waals surface area contributed by atoms with Crippen LogP contribution in [0.4, 0.5) is 0 Å². The number of hydrogen-bond acceptors (Lipinski definition) is 8. The molecule has 0 saturated heterocycles. The fourth-order valence-electron chi connectivity index (χ4n) is 2.48. The van der Waals surface area contributed by atoms with Crippen molar-refractivity contribution in [1.82, 2.24) is 0 Å². The van der Waals surface area contributed by atoms with Crippen LogP contribution >= 0.6 is 7.82 Å². The highest BCUT2D eigenvalue weighted by molar-refractivity contribution is 7.48. The first kappa shape index (κ1) is 25.1. The Hall–Kier alpha value is -3.21. The summed E-state index contributed by atoms with van der Waals surface area (Å²) in [6.45, 7) is 6.58. The molecule has 0 unspecified atom stereocenters. The second-order valence-corrected chi connectivity index (χ2v) is 7.97. The van der Waals surface area contributed by atoms with Crippen LogP contribution in [-0.4, -0.2) is 26.3 Å². The van der Waals surface area contributed by atoms with E-state index < -0.39 is 13.8 Å². The second kappa shape index (κ2) is 12.6. The monoisotopic (exact) mass is 457 g/mol. The van der Waals surface area contributed by atoms with Crippen molar-refractivity contribution in [3.63, 3.8) is 0 Å². The normalized spacial score (nSPS) is 10.8. The SMILES string of the molecule is C=CCOP(=O)(OCC=C)OCc1cc(C#N)ccc1C(=O)OCc1ccc(OC)cc1. The third-order valence-corrected chi connectivity index (χ3v) is 5.44. The van der Waals surface area contributed by atoms with Gasteiger partial charge >= 0.3 is 13.8 Å². The minimum absolute atomic E-state index is 0.0342. The molecule has 168 valence electrons. The molecule has 0 aliphatic heterocycles. The van der Waals surface area contributed by atoms with Crippen LogP contribution in [0.5, 0.6) is 5.75 Å². The van der Waals surface area contributed by atoms with Crippen LogP contribution < -0.4 is 4.74 Å². The van der Waals surface area contributed by atoms with E-state index in [9.17, 15) is 14.6 Å². The van der Waals surface area contributed by atoms with Crippen LogP contribution in [-0.2, 0) is 36.1 Å². The first-order valence-corrected chi connectivity index (χ1v) is 11.0. The molecule has 0 N–H and O–H groups in total. The fourth-order valence-corrected chi connectivity index (χ4v) is 3.58. The summed E-state index contributed by atoms with van der Waals surface area (Å²) in [6, 6.07) is 13.4. The summed E-state index contributed by atoms with van der Waals surface area (Å²) in [5.41, 5.74) is 1.53. The van der Waals surface area contributed by atoms with E-state index in [1.807, 2.05) is 6.07 Å². The summed E-state index contributed by atoms with van der Waals surface area (Å²) in [4.78, 5) is 12.7. The smallest absolute Gasteiger partial charge is 0.475 e. The lowest BCUT2D eigenvalue weighted by atomic mass is 10.1. The largest absolute Gasteiger partial charge is 0.497 e. The summed E-state index contributed by atoms with van der Waals surface area (Å²) in [5, 5.41) is 9.20. The van der Waals surface area contributed by atoms with E-state index in [0.29, 0.717) is 16.9 Å². The zero-order chi connectivity index (χ0) is 23.4. The number of carbonyl (C=O) groups excluding carboxylic acids is 1. The third kappa shape index (κ3) is 7.49. The molecule has 0 bridgehead atoms. The Labute approximate surface area is 187 Å². The van der Waals surface area contributed by atoms with Gasteiger partial charge in [0.15, 0.2) is 0 Å². The van der Waals surface area contributed by atoms with Gasteiger partial charge in [0.1, 0.15) is 12.4 Å². The maximum atomic E-state index is 12.7. The van der Waals surface area contributed by atoms with E-state index in [0.717, 1.165) is 5.56 Å². The molecule has 0 amide bonds. The van der Waals surface area contributed by atoms with Crippen molar-refractivity contribution >= 4 is 13.8 Å². The highest BCUT2D eigenvalue weighted by Crippen LogP contribution is 2.50. The molecule has 0 saturated carbocycles. The van der Waals surface area contributed by atoms with Crippen molar-refractivity contribution in [1.29, 1.82) is 5.26 Å². The van der Waals surface area contributed by atoms with Crippen molar-refractivity contribution in [3.05, 3.63) is 90.0 Å². The Morgan fingerprint density at radius 3 is 2.25 bits per heavy atom. The predicted molar refractivity (Wildman–Crippen MR) is 118 cm³/mol. The number of nitriles is 1. The lowest BCUT2D eigenvalue weighted by Crippen LogP contribution is -2.10. The molecule has 0 aliphatic rings. The Morgan fingerprint density at radius 1 is 1.03 bits per heavy atom. The predicted octanol–water partition coefficient (Wildman–Crippen LogP) is 4.95. The van der Waals surface area contributed by atoms with Crippen LogP contribution in [0.2, 0.25) is 0 Å². The van der Waals surface area contributed by atoms with Crippen LogP contribution in [0.25, 0.3) is 0 Å². The van der Waals surface area contributed by atoms with Crippen LogP contribution in [0, 0.1) is 11.3 Å². The number of nitrogens with zero attached hydrogens (tertiary/aromatic N) is 1. The lowest BCUT2D eigenvalue weighted by Gasteiger charge is -2.17. The Kier molecular flexibility index (Phi) is 9.86. The van der Waals surface area contributed by atoms with E-state index in [2.05, 4.69) is 13.2 Å². The number of ether oxygens (including phenoxy) is 2. The van der Waals surface area contributed by atoms with Crippen molar-refractivity contribution < 1.29 is 32.4 Å². The number of carbonyl (C=O) groups is 1. The van der Waals surface area contributed by atoms with Crippen molar-refractivity contribution in [2.45, 2.75) is 13.2 Å². The van der Waals surface area contributed by atoms with Gasteiger partial charge in [-0.1, -0.05) is 24.3 Å². The van der Waals surface area contributed by atoms with Crippen molar-refractivity contribution in [2.75, 3.05) is 20.3 Å². The molecular formula is C23H24NO7P. The number of rotatable bonds is 13. The van der Waals surface area contributed by atoms with E-state index in [1.165, 1.54) is 30.4 Å². The maximum Gasteiger partial charge on any atom is 0.475 e. The van der Waals surface area contributed by atoms with Crippen LogP contribution in [0.3, 0.4) is 0 Å². The van der Waals surface area contributed by atoms with Gasteiger partial charge in [-0.25, -0.2) is 9.36 Å². The average molecular weight is 457 g/mol. The average Bonchev–Trinajstić information content (AvgIpc) is 2.83. The zero-order valence-electron chi connectivity index (χ0n) is 17.7. The molecular weight excluding hydrogens is 433 g/mol. The van der Waals surface area contributed by atoms with Gasteiger partial charge in [0.05, 0.1) is 44.1 Å². The molecule has 0 spiro atoms. The van der Waals surface area contributed by atoms with Gasteiger partial charge in [-0.15, -0.1) is 13.2 Å². The van der Waals surface area contributed by atoms with Gasteiger partial charge in [-0.05, 0) is 41.5 Å². The topological polar surface area (TPSA) is 104 Å². The Morgan fingerprint density at radius 2 is 1.69 bits per heavy atom. The summed E-state index contributed by atoms with van der Waals surface area (Å²) >= 11 is 0. The number of benzene rings is 2. The van der Waals surface area contributed by atoms with Gasteiger partial charge in [0.2, 0.25) is 0 Å². The van der Waals surface area contributed by atoms with Gasteiger partial charge in [0.25, 0.3) is 0 Å². The minimum atomic E-state index is -3.95. The number of esters is 1. The van der Waals surface area contributed by atoms with E-state index in [1.54, 1.807) is 31.4 Å². The summed E-state index contributed by atoms with van der Waals surface area (Å²) in [5.74, 6) is 0.0612. The molecule has 0 atom stereocenters. The highest BCUT2D eigenvalue weighted by Gasteiger charge is 2.27. The molecule has 9 heteroatoms. The molecule has 0 heterocycles. The highest BCUT2D eigenvalue weighted by atomic mass is 31.2. The number of phosphoric acid groups is 1. The summed E-state index contributed by atoms with van der Waals surface area (Å²) < 4.78 is 38.9. The molecule has 2 aromatic rings. The number of phosphoric ester groups is 1. The molecule has 0 aromatic heterocycles. The Bertz CT molecular complexity index is 1010. The number of hydrogen-bond donors (Lipinski definition) is 0. The first-order chi connectivity index (χ1) is 15.4. The summed E-state index contributed by atoms with van der Waals surface area (Å²) in [6.07, 6.45) is 2.79. The van der Waals surface area contributed by atoms with E-state index >= 15 is 0 Å². The first-order valence-electron chi connectivity index (χ1n) is 9.53. The van der Waals surface area contributed by atoms with Gasteiger partial charge in [0, 0.05) is 0 Å². The van der Waals surface area contributed by atoms with Crippen molar-refractivity contribution in [3.8, 4) is 11.8 Å². The van der Waals surface area contributed by atoms with Gasteiger partial charge < -0.3 is 9.47 Å². The van der Waals surface area contributed by atoms with Gasteiger partial charge in [-0.2, -0.15) is 5.26 Å². The van der Waals surface area contributed by atoms with E-state index in [4.69, 9.17) is 23.0 Å². The molecule has 8 nitrogen and oxygen atoms in total. The molecule has 0 radical (unpaired) electrons. The van der Waals surface area contributed by atoms with Gasteiger partial charge in [-0.3, -0.25) is 13.6 Å². The molecule has 0 aliphatic carbocycles. The fraction of sp³-hybridized carbons (Fsp3) is 0.217. The number of methoxy groups -OCH3 is 1. The quantitative estimate of drug-likeness (QED) is 0.236. The molecule has 2 aromatic carbocycles. The Balaban J connectivity index is 2.16. The minimum Gasteiger partial charge on any atom is -0.497 e. The van der Waals surface area contributed by atoms with E-state index in [-0.39, 0.29) is 32.0 Å². The second-order valence-electron chi connectivity index (χ2n) is 6.30. The molecule has 0 fully saturated rings. The van der Waals surface area contributed by atoms with Crippen LogP contribution in [0.1, 0.15) is 27.0 Å². The summed E-state index contributed by atoms with van der Waals surface area (Å²) in [7, 11) is -2.39. The lowest BCUT2D eigenvalue weighted by molar-refractivity contribution is 0.0467.